The normalized spacial score (nSPS) is 17.3. The zero-order valence-corrected chi connectivity index (χ0v) is 20.9. The molecule has 0 saturated carbocycles. The van der Waals surface area contributed by atoms with Gasteiger partial charge in [0.15, 0.2) is 0 Å². The third kappa shape index (κ3) is 7.45. The average Bonchev–Trinajstić information content (AvgIpc) is 2.89. The zero-order valence-electron chi connectivity index (χ0n) is 20.9. The first-order valence-corrected chi connectivity index (χ1v) is 12.5. The van der Waals surface area contributed by atoms with Crippen LogP contribution in [0.3, 0.4) is 0 Å². The van der Waals surface area contributed by atoms with Crippen LogP contribution in [0, 0.1) is 0 Å². The van der Waals surface area contributed by atoms with Crippen molar-refractivity contribution in [3.05, 3.63) is 94.5 Å². The maximum Gasteiger partial charge on any atom is 0.416 e. The molecule has 0 atom stereocenters. The molecular weight excluding hydrogens is 526 g/mol. The summed E-state index contributed by atoms with van der Waals surface area (Å²) < 4.78 is 99.0. The van der Waals surface area contributed by atoms with E-state index in [0.29, 0.717) is 34.8 Å². The van der Waals surface area contributed by atoms with Crippen molar-refractivity contribution in [2.24, 2.45) is 0 Å². The van der Waals surface area contributed by atoms with E-state index in [-0.39, 0.29) is 58.2 Å². The summed E-state index contributed by atoms with van der Waals surface area (Å²) in [5.41, 5.74) is -4.09. The number of alkyl halides is 6. The van der Waals surface area contributed by atoms with Crippen LogP contribution in [0.1, 0.15) is 40.7 Å². The van der Waals surface area contributed by atoms with Gasteiger partial charge in [-0.1, -0.05) is 36.4 Å². The molecule has 0 spiro atoms. The summed E-state index contributed by atoms with van der Waals surface area (Å²) in [5.74, 6) is 0.995. The van der Waals surface area contributed by atoms with E-state index in [1.54, 1.807) is 48.5 Å². The second-order valence-electron chi connectivity index (χ2n) is 9.35. The van der Waals surface area contributed by atoms with E-state index in [1.165, 1.54) is 0 Å². The van der Waals surface area contributed by atoms with Gasteiger partial charge in [-0.05, 0) is 72.7 Å². The summed E-state index contributed by atoms with van der Waals surface area (Å²) in [6, 6.07) is 15.2. The molecule has 0 unspecified atom stereocenters. The van der Waals surface area contributed by atoms with Gasteiger partial charge < -0.3 is 19.3 Å². The summed E-state index contributed by atoms with van der Waals surface area (Å²) in [6.07, 6.45) is -10.1. The first-order valence-electron chi connectivity index (χ1n) is 12.5. The van der Waals surface area contributed by atoms with Crippen molar-refractivity contribution in [2.75, 3.05) is 26.4 Å². The van der Waals surface area contributed by atoms with Crippen LogP contribution in [-0.2, 0) is 35.5 Å². The quantitative estimate of drug-likeness (QED) is 0.330. The highest BCUT2D eigenvalue weighted by Gasteiger charge is 2.40. The fourth-order valence-electron chi connectivity index (χ4n) is 4.55. The van der Waals surface area contributed by atoms with Gasteiger partial charge in [0, 0.05) is 0 Å². The molecule has 3 aromatic rings. The van der Waals surface area contributed by atoms with Crippen molar-refractivity contribution in [1.82, 2.24) is 0 Å². The molecule has 4 nitrogen and oxygen atoms in total. The van der Waals surface area contributed by atoms with Crippen molar-refractivity contribution >= 4 is 0 Å². The number of para-hydroxylation sites is 2. The number of hydrogen-bond donors (Lipinski definition) is 1. The van der Waals surface area contributed by atoms with E-state index in [2.05, 4.69) is 0 Å². The third-order valence-corrected chi connectivity index (χ3v) is 6.66. The molecular formula is C29H28F6O4. The number of ether oxygens (including phenoxy) is 3. The molecule has 0 radical (unpaired) electrons. The number of benzene rings is 3. The van der Waals surface area contributed by atoms with Gasteiger partial charge in [-0.25, -0.2) is 0 Å². The van der Waals surface area contributed by atoms with Crippen LogP contribution in [0.4, 0.5) is 26.3 Å². The summed E-state index contributed by atoms with van der Waals surface area (Å²) in [7, 11) is 0. The summed E-state index contributed by atoms with van der Waals surface area (Å²) in [6.45, 7) is 1.02. The molecule has 210 valence electrons. The van der Waals surface area contributed by atoms with Gasteiger partial charge in [-0.3, -0.25) is 0 Å². The van der Waals surface area contributed by atoms with Crippen molar-refractivity contribution < 1.29 is 45.7 Å². The Labute approximate surface area is 222 Å². The number of aliphatic hydroxyl groups is 1. The highest BCUT2D eigenvalue weighted by Crippen LogP contribution is 2.41. The van der Waals surface area contributed by atoms with Gasteiger partial charge >= 0.3 is 12.4 Å². The first-order chi connectivity index (χ1) is 18.5. The maximum absolute atomic E-state index is 13.6. The van der Waals surface area contributed by atoms with Crippen LogP contribution in [0.25, 0.3) is 0 Å². The number of fused-ring (bicyclic) bond motifs is 2. The number of aryl methyl sites for hydroxylation is 2. The lowest BCUT2D eigenvalue weighted by molar-refractivity contribution is -0.143. The van der Waals surface area contributed by atoms with E-state index < -0.39 is 34.6 Å². The average molecular weight is 555 g/mol. The zero-order chi connectivity index (χ0) is 28.1. The maximum atomic E-state index is 13.6. The van der Waals surface area contributed by atoms with E-state index in [9.17, 15) is 31.4 Å². The van der Waals surface area contributed by atoms with Gasteiger partial charge in [0.25, 0.3) is 0 Å². The Balaban J connectivity index is 1.78. The van der Waals surface area contributed by atoms with Crippen LogP contribution in [-0.4, -0.2) is 31.5 Å². The molecule has 0 aromatic heterocycles. The Morgan fingerprint density at radius 3 is 1.49 bits per heavy atom. The second kappa shape index (κ2) is 11.9. The SMILES string of the molecule is OC1(c2cc(C(F)(F)F)cc(C(F)(F)F)c2)CCc2ccccc2OCCOCCOc2ccccc2CC1. The first kappa shape index (κ1) is 28.8. The van der Waals surface area contributed by atoms with Crippen LogP contribution < -0.4 is 9.47 Å². The predicted molar refractivity (Wildman–Crippen MR) is 132 cm³/mol. The van der Waals surface area contributed by atoms with Crippen molar-refractivity contribution in [2.45, 2.75) is 43.6 Å². The van der Waals surface area contributed by atoms with E-state index >= 15 is 0 Å². The standard InChI is InChI=1S/C29H28F6O4/c30-28(31,32)23-17-22(18-24(19-23)29(33,34)35)27(36)11-9-20-5-1-3-7-25(20)38-15-13-37-14-16-39-26-8-4-2-6-21(26)10-12-27/h1-8,17-19,36H,9-16H2. The predicted octanol–water partition coefficient (Wildman–Crippen LogP) is 6.97. The Morgan fingerprint density at radius 1 is 0.615 bits per heavy atom. The third-order valence-electron chi connectivity index (χ3n) is 6.66. The number of rotatable bonds is 1. The van der Waals surface area contributed by atoms with Crippen molar-refractivity contribution in [3.63, 3.8) is 0 Å². The summed E-state index contributed by atoms with van der Waals surface area (Å²) in [4.78, 5) is 0. The minimum atomic E-state index is -5.03. The monoisotopic (exact) mass is 554 g/mol. The molecule has 3 aromatic carbocycles. The van der Waals surface area contributed by atoms with E-state index in [1.807, 2.05) is 0 Å². The lowest BCUT2D eigenvalue weighted by Gasteiger charge is -2.31. The van der Waals surface area contributed by atoms with Crippen molar-refractivity contribution in [1.29, 1.82) is 0 Å². The van der Waals surface area contributed by atoms with Crippen LogP contribution in [0.2, 0.25) is 0 Å². The summed E-state index contributed by atoms with van der Waals surface area (Å²) >= 11 is 0. The summed E-state index contributed by atoms with van der Waals surface area (Å²) in [5, 5.41) is 11.8. The largest absolute Gasteiger partial charge is 0.491 e. The molecule has 1 heterocycles. The lowest BCUT2D eigenvalue weighted by Crippen LogP contribution is -2.29. The molecule has 0 saturated heterocycles. The van der Waals surface area contributed by atoms with Crippen LogP contribution >= 0.6 is 0 Å². The fraction of sp³-hybridized carbons (Fsp3) is 0.379. The van der Waals surface area contributed by atoms with Gasteiger partial charge in [-0.15, -0.1) is 0 Å². The smallest absolute Gasteiger partial charge is 0.416 e. The Morgan fingerprint density at radius 2 is 1.05 bits per heavy atom. The topological polar surface area (TPSA) is 47.9 Å². The number of hydrogen-bond acceptors (Lipinski definition) is 4. The highest BCUT2D eigenvalue weighted by molar-refractivity contribution is 5.39. The van der Waals surface area contributed by atoms with Crippen molar-refractivity contribution in [3.8, 4) is 11.5 Å². The van der Waals surface area contributed by atoms with Gasteiger partial charge in [0.05, 0.1) is 29.9 Å². The molecule has 0 aliphatic carbocycles. The molecule has 0 bridgehead atoms. The molecule has 10 heteroatoms. The molecule has 39 heavy (non-hydrogen) atoms. The Hall–Kier alpha value is -3.24. The highest BCUT2D eigenvalue weighted by atomic mass is 19.4. The molecule has 1 aliphatic rings. The number of halogens is 6. The minimum absolute atomic E-state index is 0.0662. The lowest BCUT2D eigenvalue weighted by atomic mass is 9.81. The molecule has 1 aliphatic heterocycles. The van der Waals surface area contributed by atoms with Gasteiger partial charge in [0.1, 0.15) is 24.7 Å². The second-order valence-corrected chi connectivity index (χ2v) is 9.35. The Kier molecular flexibility index (Phi) is 8.76. The Bertz CT molecular complexity index is 1170. The van der Waals surface area contributed by atoms with E-state index in [0.717, 1.165) is 0 Å². The van der Waals surface area contributed by atoms with Gasteiger partial charge in [0.2, 0.25) is 0 Å². The van der Waals surface area contributed by atoms with Crippen LogP contribution in [0.15, 0.2) is 66.7 Å². The van der Waals surface area contributed by atoms with E-state index in [4.69, 9.17) is 14.2 Å². The van der Waals surface area contributed by atoms with Gasteiger partial charge in [-0.2, -0.15) is 26.3 Å². The van der Waals surface area contributed by atoms with Crippen LogP contribution in [0.5, 0.6) is 11.5 Å². The molecule has 0 amide bonds. The molecule has 4 rings (SSSR count). The fourth-order valence-corrected chi connectivity index (χ4v) is 4.55. The molecule has 0 fully saturated rings. The molecule has 1 N–H and O–H groups in total. The minimum Gasteiger partial charge on any atom is -0.491 e.